The van der Waals surface area contributed by atoms with Gasteiger partial charge in [0.05, 0.1) is 23.4 Å². The molecule has 1 rings (SSSR count). The summed E-state index contributed by atoms with van der Waals surface area (Å²) in [7, 11) is 0. The quantitative estimate of drug-likeness (QED) is 0.763. The van der Waals surface area contributed by atoms with Crippen molar-refractivity contribution in [3.05, 3.63) is 29.8 Å². The minimum absolute atomic E-state index is 0.0206. The summed E-state index contributed by atoms with van der Waals surface area (Å²) in [6.07, 6.45) is 0. The van der Waals surface area contributed by atoms with Crippen LogP contribution < -0.4 is 5.32 Å². The van der Waals surface area contributed by atoms with Gasteiger partial charge in [-0.25, -0.2) is 0 Å². The van der Waals surface area contributed by atoms with E-state index in [0.717, 1.165) is 5.69 Å². The molecule has 0 atom stereocenters. The van der Waals surface area contributed by atoms with E-state index in [2.05, 4.69) is 11.4 Å². The summed E-state index contributed by atoms with van der Waals surface area (Å²) in [5.41, 5.74) is 0.940. The Morgan fingerprint density at radius 2 is 2.07 bits per heavy atom. The summed E-state index contributed by atoms with van der Waals surface area (Å²) in [4.78, 5) is 0. The number of rotatable bonds is 3. The molecule has 0 aliphatic heterocycles. The lowest BCUT2D eigenvalue weighted by Crippen LogP contribution is -2.35. The molecule has 0 fully saturated rings. The van der Waals surface area contributed by atoms with Gasteiger partial charge in [-0.05, 0) is 26.0 Å². The molecule has 0 aliphatic carbocycles. The van der Waals surface area contributed by atoms with E-state index in [1.807, 2.05) is 32.0 Å². The standard InChI is InChI=1S/C11H14N2O/c1-11(2,8-14)13-10-6-4-3-5-9(10)7-12/h3-6,13-14H,8H2,1-2H3. The average molecular weight is 190 g/mol. The molecule has 0 aliphatic rings. The third-order valence-corrected chi connectivity index (χ3v) is 1.92. The summed E-state index contributed by atoms with van der Waals surface area (Å²) in [5.74, 6) is 0. The first kappa shape index (κ1) is 10.6. The number of para-hydroxylation sites is 1. The van der Waals surface area contributed by atoms with E-state index in [1.54, 1.807) is 6.07 Å². The Morgan fingerprint density at radius 3 is 2.64 bits per heavy atom. The lowest BCUT2D eigenvalue weighted by molar-refractivity contribution is 0.234. The predicted molar refractivity (Wildman–Crippen MR) is 55.9 cm³/mol. The maximum Gasteiger partial charge on any atom is 0.101 e. The zero-order chi connectivity index (χ0) is 10.6. The molecule has 0 saturated carbocycles. The molecule has 0 bridgehead atoms. The third-order valence-electron chi connectivity index (χ3n) is 1.92. The van der Waals surface area contributed by atoms with Gasteiger partial charge >= 0.3 is 0 Å². The molecule has 0 heterocycles. The van der Waals surface area contributed by atoms with E-state index in [-0.39, 0.29) is 6.61 Å². The lowest BCUT2D eigenvalue weighted by atomic mass is 10.1. The van der Waals surface area contributed by atoms with Crippen LogP contribution in [0.5, 0.6) is 0 Å². The van der Waals surface area contributed by atoms with Crippen LogP contribution in [0.4, 0.5) is 5.69 Å². The topological polar surface area (TPSA) is 56.0 Å². The van der Waals surface area contributed by atoms with Crippen LogP contribution in [0.15, 0.2) is 24.3 Å². The maximum absolute atomic E-state index is 9.07. The summed E-state index contributed by atoms with van der Waals surface area (Å²) >= 11 is 0. The van der Waals surface area contributed by atoms with Gasteiger partial charge in [-0.3, -0.25) is 0 Å². The second kappa shape index (κ2) is 4.12. The Bertz CT molecular complexity index is 353. The van der Waals surface area contributed by atoms with Gasteiger partial charge in [-0.2, -0.15) is 5.26 Å². The van der Waals surface area contributed by atoms with Gasteiger partial charge in [0, 0.05) is 0 Å². The summed E-state index contributed by atoms with van der Waals surface area (Å²) in [6, 6.07) is 9.35. The van der Waals surface area contributed by atoms with E-state index in [1.165, 1.54) is 0 Å². The van der Waals surface area contributed by atoms with Crippen molar-refractivity contribution in [2.24, 2.45) is 0 Å². The Morgan fingerprint density at radius 1 is 1.43 bits per heavy atom. The SMILES string of the molecule is CC(C)(CO)Nc1ccccc1C#N. The van der Waals surface area contributed by atoms with Crippen molar-refractivity contribution in [1.29, 1.82) is 5.26 Å². The van der Waals surface area contributed by atoms with Crippen molar-refractivity contribution in [1.82, 2.24) is 0 Å². The van der Waals surface area contributed by atoms with Crippen LogP contribution in [-0.4, -0.2) is 17.3 Å². The zero-order valence-electron chi connectivity index (χ0n) is 8.41. The summed E-state index contributed by atoms with van der Waals surface area (Å²) in [6.45, 7) is 3.77. The molecule has 3 heteroatoms. The van der Waals surface area contributed by atoms with E-state index < -0.39 is 5.54 Å². The Balaban J connectivity index is 2.92. The Labute approximate surface area is 84.0 Å². The first-order chi connectivity index (χ1) is 6.59. The van der Waals surface area contributed by atoms with E-state index >= 15 is 0 Å². The molecule has 0 unspecified atom stereocenters. The highest BCUT2D eigenvalue weighted by molar-refractivity contribution is 5.58. The van der Waals surface area contributed by atoms with Crippen molar-refractivity contribution in [3.8, 4) is 6.07 Å². The van der Waals surface area contributed by atoms with E-state index in [9.17, 15) is 0 Å². The molecule has 0 spiro atoms. The molecule has 0 amide bonds. The smallest absolute Gasteiger partial charge is 0.101 e. The summed E-state index contributed by atoms with van der Waals surface area (Å²) < 4.78 is 0. The van der Waals surface area contributed by atoms with Crippen LogP contribution in [0.25, 0.3) is 0 Å². The number of nitrogens with zero attached hydrogens (tertiary/aromatic N) is 1. The van der Waals surface area contributed by atoms with Crippen molar-refractivity contribution in [2.45, 2.75) is 19.4 Å². The first-order valence-corrected chi connectivity index (χ1v) is 4.47. The predicted octanol–water partition coefficient (Wildman–Crippen LogP) is 1.74. The molecule has 0 saturated heterocycles. The van der Waals surface area contributed by atoms with Crippen LogP contribution >= 0.6 is 0 Å². The third kappa shape index (κ3) is 2.48. The second-order valence-electron chi connectivity index (χ2n) is 3.82. The first-order valence-electron chi connectivity index (χ1n) is 4.47. The number of aliphatic hydroxyl groups is 1. The minimum Gasteiger partial charge on any atom is -0.394 e. The molecule has 14 heavy (non-hydrogen) atoms. The molecule has 74 valence electrons. The number of anilines is 1. The molecule has 1 aromatic carbocycles. The number of hydrogen-bond acceptors (Lipinski definition) is 3. The van der Waals surface area contributed by atoms with Crippen molar-refractivity contribution in [2.75, 3.05) is 11.9 Å². The number of nitrogens with one attached hydrogen (secondary N) is 1. The van der Waals surface area contributed by atoms with Gasteiger partial charge < -0.3 is 10.4 Å². The Kier molecular flexibility index (Phi) is 3.10. The number of aliphatic hydroxyl groups excluding tert-OH is 1. The summed E-state index contributed by atoms with van der Waals surface area (Å²) in [5, 5.41) is 21.0. The monoisotopic (exact) mass is 190 g/mol. The normalized spacial score (nSPS) is 10.7. The maximum atomic E-state index is 9.07. The second-order valence-corrected chi connectivity index (χ2v) is 3.82. The van der Waals surface area contributed by atoms with E-state index in [0.29, 0.717) is 5.56 Å². The zero-order valence-corrected chi connectivity index (χ0v) is 8.41. The number of hydrogen-bond donors (Lipinski definition) is 2. The van der Waals surface area contributed by atoms with Gasteiger partial charge in [0.15, 0.2) is 0 Å². The number of benzene rings is 1. The van der Waals surface area contributed by atoms with Gasteiger partial charge in [-0.15, -0.1) is 0 Å². The van der Waals surface area contributed by atoms with Gasteiger partial charge in [0.25, 0.3) is 0 Å². The fourth-order valence-electron chi connectivity index (χ4n) is 1.09. The van der Waals surface area contributed by atoms with E-state index in [4.69, 9.17) is 10.4 Å². The molecule has 2 N–H and O–H groups in total. The minimum atomic E-state index is -0.410. The van der Waals surface area contributed by atoms with Crippen molar-refractivity contribution >= 4 is 5.69 Å². The Hall–Kier alpha value is -1.53. The van der Waals surface area contributed by atoms with Crippen LogP contribution in [0.3, 0.4) is 0 Å². The van der Waals surface area contributed by atoms with Crippen molar-refractivity contribution < 1.29 is 5.11 Å². The van der Waals surface area contributed by atoms with Gasteiger partial charge in [0.1, 0.15) is 6.07 Å². The highest BCUT2D eigenvalue weighted by Gasteiger charge is 2.16. The van der Waals surface area contributed by atoms with Gasteiger partial charge in [-0.1, -0.05) is 12.1 Å². The lowest BCUT2D eigenvalue weighted by Gasteiger charge is -2.25. The average Bonchev–Trinajstić information content (AvgIpc) is 2.18. The molecule has 0 radical (unpaired) electrons. The highest BCUT2D eigenvalue weighted by Crippen LogP contribution is 2.18. The van der Waals surface area contributed by atoms with Crippen molar-refractivity contribution in [3.63, 3.8) is 0 Å². The number of nitriles is 1. The van der Waals surface area contributed by atoms with Crippen LogP contribution in [0.2, 0.25) is 0 Å². The van der Waals surface area contributed by atoms with Crippen LogP contribution in [0.1, 0.15) is 19.4 Å². The largest absolute Gasteiger partial charge is 0.394 e. The molecular weight excluding hydrogens is 176 g/mol. The molecule has 0 aromatic heterocycles. The molecular formula is C11H14N2O. The fourth-order valence-corrected chi connectivity index (χ4v) is 1.09. The van der Waals surface area contributed by atoms with Gasteiger partial charge in [0.2, 0.25) is 0 Å². The van der Waals surface area contributed by atoms with Crippen LogP contribution in [-0.2, 0) is 0 Å². The van der Waals surface area contributed by atoms with Crippen LogP contribution in [0, 0.1) is 11.3 Å². The molecule has 1 aromatic rings. The fraction of sp³-hybridized carbons (Fsp3) is 0.364. The molecule has 3 nitrogen and oxygen atoms in total. The highest BCUT2D eigenvalue weighted by atomic mass is 16.3.